The number of unbranched alkanes of at least 4 members (excludes halogenated alkanes) is 1. The Morgan fingerprint density at radius 1 is 1.47 bits per heavy atom. The molecule has 4 heteroatoms. The zero-order valence-corrected chi connectivity index (χ0v) is 11.0. The van der Waals surface area contributed by atoms with E-state index in [-0.39, 0.29) is 6.04 Å². The number of aromatic nitrogens is 2. The van der Waals surface area contributed by atoms with Crippen molar-refractivity contribution in [2.24, 2.45) is 5.73 Å². The highest BCUT2D eigenvalue weighted by atomic mass is 15.3. The fourth-order valence-corrected chi connectivity index (χ4v) is 1.96. The topological polar surface area (TPSA) is 67.6 Å². The molecule has 0 aliphatic carbocycles. The van der Waals surface area contributed by atoms with Crippen LogP contribution in [0.25, 0.3) is 0 Å². The molecule has 0 amide bonds. The summed E-state index contributed by atoms with van der Waals surface area (Å²) < 4.78 is 2.00. The van der Waals surface area contributed by atoms with E-state index in [2.05, 4.69) is 25.0 Å². The largest absolute Gasteiger partial charge is 0.327 e. The highest BCUT2D eigenvalue weighted by molar-refractivity contribution is 5.25. The van der Waals surface area contributed by atoms with Gasteiger partial charge in [0.1, 0.15) is 0 Å². The van der Waals surface area contributed by atoms with Crippen LogP contribution in [0.5, 0.6) is 0 Å². The van der Waals surface area contributed by atoms with Crippen molar-refractivity contribution in [1.82, 2.24) is 9.78 Å². The van der Waals surface area contributed by atoms with Gasteiger partial charge >= 0.3 is 0 Å². The molecule has 1 aromatic rings. The van der Waals surface area contributed by atoms with Crippen LogP contribution in [-0.4, -0.2) is 15.8 Å². The van der Waals surface area contributed by atoms with Crippen LogP contribution in [0.2, 0.25) is 0 Å². The lowest BCUT2D eigenvalue weighted by Crippen LogP contribution is -2.22. The molecule has 4 nitrogen and oxygen atoms in total. The quantitative estimate of drug-likeness (QED) is 0.766. The van der Waals surface area contributed by atoms with E-state index < -0.39 is 0 Å². The summed E-state index contributed by atoms with van der Waals surface area (Å²) in [6.07, 6.45) is 3.32. The summed E-state index contributed by atoms with van der Waals surface area (Å²) in [7, 11) is 0. The summed E-state index contributed by atoms with van der Waals surface area (Å²) in [6, 6.07) is 2.37. The minimum Gasteiger partial charge on any atom is -0.327 e. The Balaban J connectivity index is 2.75. The average Bonchev–Trinajstić information content (AvgIpc) is 2.57. The molecule has 1 rings (SSSR count). The molecular formula is C13H22N4. The van der Waals surface area contributed by atoms with Crippen LogP contribution < -0.4 is 5.73 Å². The molecule has 0 saturated carbocycles. The van der Waals surface area contributed by atoms with E-state index in [9.17, 15) is 0 Å². The highest BCUT2D eigenvalue weighted by Crippen LogP contribution is 2.16. The van der Waals surface area contributed by atoms with Gasteiger partial charge in [-0.15, -0.1) is 0 Å². The van der Waals surface area contributed by atoms with Crippen LogP contribution in [0, 0.1) is 25.2 Å². The maximum absolute atomic E-state index is 8.53. The number of nitriles is 1. The maximum Gasteiger partial charge on any atom is 0.0629 e. The minimum atomic E-state index is 0.212. The monoisotopic (exact) mass is 234 g/mol. The lowest BCUT2D eigenvalue weighted by Gasteiger charge is -2.09. The molecule has 0 radical (unpaired) electrons. The van der Waals surface area contributed by atoms with E-state index in [1.54, 1.807) is 0 Å². The third kappa shape index (κ3) is 3.57. The van der Waals surface area contributed by atoms with Crippen molar-refractivity contribution < 1.29 is 0 Å². The van der Waals surface area contributed by atoms with Gasteiger partial charge in [0, 0.05) is 24.7 Å². The molecule has 1 unspecified atom stereocenters. The first kappa shape index (κ1) is 13.7. The van der Waals surface area contributed by atoms with Crippen molar-refractivity contribution in [3.8, 4) is 6.07 Å². The Bertz CT molecular complexity index is 400. The van der Waals surface area contributed by atoms with Crippen LogP contribution in [0.1, 0.15) is 43.1 Å². The molecule has 2 N–H and O–H groups in total. The fraction of sp³-hybridized carbons (Fsp3) is 0.692. The smallest absolute Gasteiger partial charge is 0.0629 e. The Kier molecular flexibility index (Phi) is 5.17. The molecule has 0 aliphatic heterocycles. The molecular weight excluding hydrogens is 212 g/mol. The summed E-state index contributed by atoms with van der Waals surface area (Å²) in [4.78, 5) is 0. The van der Waals surface area contributed by atoms with Gasteiger partial charge in [0.25, 0.3) is 0 Å². The summed E-state index contributed by atoms with van der Waals surface area (Å²) in [5, 5.41) is 13.0. The molecule has 0 saturated heterocycles. The maximum atomic E-state index is 8.53. The van der Waals surface area contributed by atoms with Crippen LogP contribution in [0.3, 0.4) is 0 Å². The third-order valence-electron chi connectivity index (χ3n) is 3.18. The fourth-order valence-electron chi connectivity index (χ4n) is 1.96. The number of rotatable bonds is 6. The van der Waals surface area contributed by atoms with Crippen molar-refractivity contribution in [2.45, 2.75) is 59.0 Å². The van der Waals surface area contributed by atoms with Gasteiger partial charge in [-0.25, -0.2) is 0 Å². The predicted molar refractivity (Wildman–Crippen MR) is 68.5 cm³/mol. The number of nitrogens with zero attached hydrogens (tertiary/aromatic N) is 3. The number of hydrogen-bond acceptors (Lipinski definition) is 3. The van der Waals surface area contributed by atoms with Crippen LogP contribution >= 0.6 is 0 Å². The lowest BCUT2D eigenvalue weighted by atomic mass is 10.0. The Morgan fingerprint density at radius 3 is 2.76 bits per heavy atom. The Labute approximate surface area is 103 Å². The van der Waals surface area contributed by atoms with Gasteiger partial charge in [-0.1, -0.05) is 6.92 Å². The average molecular weight is 234 g/mol. The third-order valence-corrected chi connectivity index (χ3v) is 3.18. The van der Waals surface area contributed by atoms with Gasteiger partial charge in [-0.05, 0) is 38.7 Å². The molecule has 0 bridgehead atoms. The molecule has 0 aromatic carbocycles. The van der Waals surface area contributed by atoms with Gasteiger partial charge in [0.05, 0.1) is 11.8 Å². The summed E-state index contributed by atoms with van der Waals surface area (Å²) >= 11 is 0. The van der Waals surface area contributed by atoms with Crippen LogP contribution in [-0.2, 0) is 13.0 Å². The van der Waals surface area contributed by atoms with Gasteiger partial charge in [0.2, 0.25) is 0 Å². The van der Waals surface area contributed by atoms with Gasteiger partial charge in [-0.2, -0.15) is 10.4 Å². The molecule has 17 heavy (non-hydrogen) atoms. The van der Waals surface area contributed by atoms with Gasteiger partial charge < -0.3 is 5.73 Å². The van der Waals surface area contributed by atoms with E-state index >= 15 is 0 Å². The molecule has 0 aliphatic rings. The van der Waals surface area contributed by atoms with Crippen molar-refractivity contribution in [2.75, 3.05) is 0 Å². The molecule has 1 heterocycles. The van der Waals surface area contributed by atoms with E-state index in [4.69, 9.17) is 11.0 Å². The zero-order valence-electron chi connectivity index (χ0n) is 11.0. The SMILES string of the molecule is CCC(N)Cc1c(C)nn(CCCC#N)c1C. The second-order valence-electron chi connectivity index (χ2n) is 4.51. The van der Waals surface area contributed by atoms with E-state index in [1.807, 2.05) is 11.6 Å². The standard InChI is InChI=1S/C13H22N4/c1-4-12(15)9-13-10(2)16-17(11(13)3)8-6-5-7-14/h12H,4-6,8-9,15H2,1-3H3. The van der Waals surface area contributed by atoms with Crippen molar-refractivity contribution in [1.29, 1.82) is 5.26 Å². The van der Waals surface area contributed by atoms with Crippen molar-refractivity contribution >= 4 is 0 Å². The van der Waals surface area contributed by atoms with E-state index in [0.29, 0.717) is 6.42 Å². The highest BCUT2D eigenvalue weighted by Gasteiger charge is 2.13. The summed E-state index contributed by atoms with van der Waals surface area (Å²) in [6.45, 7) is 7.05. The normalized spacial score (nSPS) is 12.4. The lowest BCUT2D eigenvalue weighted by molar-refractivity contribution is 0.566. The van der Waals surface area contributed by atoms with Crippen LogP contribution in [0.4, 0.5) is 0 Å². The molecule has 1 aromatic heterocycles. The first-order valence-electron chi connectivity index (χ1n) is 6.25. The summed E-state index contributed by atoms with van der Waals surface area (Å²) in [5.74, 6) is 0. The second-order valence-corrected chi connectivity index (χ2v) is 4.51. The summed E-state index contributed by atoms with van der Waals surface area (Å²) in [5.41, 5.74) is 9.54. The first-order valence-corrected chi connectivity index (χ1v) is 6.25. The molecule has 94 valence electrons. The van der Waals surface area contributed by atoms with Gasteiger partial charge in [-0.3, -0.25) is 4.68 Å². The molecule has 0 spiro atoms. The first-order chi connectivity index (χ1) is 8.10. The van der Waals surface area contributed by atoms with E-state index in [0.717, 1.165) is 31.5 Å². The Morgan fingerprint density at radius 2 is 2.18 bits per heavy atom. The minimum absolute atomic E-state index is 0.212. The Hall–Kier alpha value is -1.34. The molecule has 0 fully saturated rings. The number of hydrogen-bond donors (Lipinski definition) is 1. The van der Waals surface area contributed by atoms with Crippen molar-refractivity contribution in [3.63, 3.8) is 0 Å². The number of nitrogens with two attached hydrogens (primary N) is 1. The van der Waals surface area contributed by atoms with Crippen LogP contribution in [0.15, 0.2) is 0 Å². The number of aryl methyl sites for hydroxylation is 2. The molecule has 1 atom stereocenters. The van der Waals surface area contributed by atoms with Gasteiger partial charge in [0.15, 0.2) is 0 Å². The van der Waals surface area contributed by atoms with E-state index in [1.165, 1.54) is 11.3 Å². The van der Waals surface area contributed by atoms with Crippen molar-refractivity contribution in [3.05, 3.63) is 17.0 Å². The zero-order chi connectivity index (χ0) is 12.8. The second kappa shape index (κ2) is 6.41. The predicted octanol–water partition coefficient (Wildman–Crippen LogP) is 2.08.